The molecule has 1 atom stereocenters. The fraction of sp³-hybridized carbons (Fsp3) is 0.562. The van der Waals surface area contributed by atoms with E-state index in [0.29, 0.717) is 11.5 Å². The molecule has 0 heterocycles. The topological polar surface area (TPSA) is 81.7 Å². The molecule has 0 bridgehead atoms. The van der Waals surface area contributed by atoms with Crippen molar-refractivity contribution in [2.45, 2.75) is 19.8 Å². The van der Waals surface area contributed by atoms with Crippen molar-refractivity contribution in [2.24, 2.45) is 5.92 Å². The average Bonchev–Trinajstić information content (AvgIpc) is 2.45. The molecule has 0 aromatic heterocycles. The van der Waals surface area contributed by atoms with Crippen molar-refractivity contribution in [1.29, 1.82) is 0 Å². The molecule has 6 nitrogen and oxygen atoms in total. The highest BCUT2D eigenvalue weighted by Gasteiger charge is 2.25. The van der Waals surface area contributed by atoms with Gasteiger partial charge in [-0.25, -0.2) is 8.42 Å². The predicted molar refractivity (Wildman–Crippen MR) is 89.8 cm³/mol. The Morgan fingerprint density at radius 1 is 1.17 bits per heavy atom. The second-order valence-corrected chi connectivity index (χ2v) is 8.02. The fourth-order valence-electron chi connectivity index (χ4n) is 2.35. The monoisotopic (exact) mass is 343 g/mol. The Hall–Kier alpha value is -1.76. The molecule has 0 aliphatic rings. The first-order valence-electron chi connectivity index (χ1n) is 7.37. The molecule has 0 saturated heterocycles. The van der Waals surface area contributed by atoms with Gasteiger partial charge in [0.05, 0.1) is 25.9 Å². The van der Waals surface area contributed by atoms with Crippen molar-refractivity contribution in [3.05, 3.63) is 23.8 Å². The van der Waals surface area contributed by atoms with Gasteiger partial charge in [-0.05, 0) is 23.6 Å². The summed E-state index contributed by atoms with van der Waals surface area (Å²) in [7, 11) is -0.0105. The number of hydrogen-bond donors (Lipinski definition) is 1. The van der Waals surface area contributed by atoms with E-state index in [4.69, 9.17) is 9.47 Å². The van der Waals surface area contributed by atoms with E-state index in [-0.39, 0.29) is 24.1 Å². The molecule has 0 fully saturated rings. The Balaban J connectivity index is 2.96. The SMILES string of the molecule is COc1ccc(C(C(=O)NCCS(C)(=O)=O)C(C)C)cc1OC. The third-order valence-electron chi connectivity index (χ3n) is 3.49. The molecule has 1 amide bonds. The summed E-state index contributed by atoms with van der Waals surface area (Å²) < 4.78 is 32.8. The highest BCUT2D eigenvalue weighted by molar-refractivity contribution is 7.90. The Kier molecular flexibility index (Phi) is 6.87. The Bertz CT molecular complexity index is 640. The molecule has 0 radical (unpaired) electrons. The quantitative estimate of drug-likeness (QED) is 0.775. The lowest BCUT2D eigenvalue weighted by Crippen LogP contribution is -2.35. The number of methoxy groups -OCH3 is 2. The molecule has 1 aromatic rings. The summed E-state index contributed by atoms with van der Waals surface area (Å²) in [6.45, 7) is 3.99. The van der Waals surface area contributed by atoms with E-state index >= 15 is 0 Å². The molecule has 1 unspecified atom stereocenters. The van der Waals surface area contributed by atoms with E-state index in [0.717, 1.165) is 11.8 Å². The minimum Gasteiger partial charge on any atom is -0.493 e. The third-order valence-corrected chi connectivity index (χ3v) is 4.43. The lowest BCUT2D eigenvalue weighted by molar-refractivity contribution is -0.123. The van der Waals surface area contributed by atoms with Crippen molar-refractivity contribution < 1.29 is 22.7 Å². The van der Waals surface area contributed by atoms with Crippen molar-refractivity contribution >= 4 is 15.7 Å². The molecule has 0 aliphatic carbocycles. The van der Waals surface area contributed by atoms with Gasteiger partial charge in [0, 0.05) is 12.8 Å². The van der Waals surface area contributed by atoms with Crippen LogP contribution < -0.4 is 14.8 Å². The molecule has 0 spiro atoms. The molecular weight excluding hydrogens is 318 g/mol. The maximum atomic E-state index is 12.4. The Morgan fingerprint density at radius 3 is 2.26 bits per heavy atom. The predicted octanol–water partition coefficient (Wildman–Crippen LogP) is 1.60. The summed E-state index contributed by atoms with van der Waals surface area (Å²) in [5.41, 5.74) is 0.800. The van der Waals surface area contributed by atoms with E-state index < -0.39 is 15.8 Å². The number of sulfone groups is 1. The lowest BCUT2D eigenvalue weighted by Gasteiger charge is -2.22. The van der Waals surface area contributed by atoms with E-state index in [2.05, 4.69) is 5.32 Å². The van der Waals surface area contributed by atoms with Gasteiger partial charge in [-0.3, -0.25) is 4.79 Å². The number of carbonyl (C=O) groups excluding carboxylic acids is 1. The first-order chi connectivity index (χ1) is 10.7. The molecule has 0 saturated carbocycles. The normalized spacial score (nSPS) is 12.8. The van der Waals surface area contributed by atoms with Gasteiger partial charge in [0.1, 0.15) is 9.84 Å². The number of carbonyl (C=O) groups is 1. The van der Waals surface area contributed by atoms with Gasteiger partial charge in [-0.2, -0.15) is 0 Å². The molecule has 1 N–H and O–H groups in total. The van der Waals surface area contributed by atoms with Crippen LogP contribution in [0.2, 0.25) is 0 Å². The summed E-state index contributed by atoms with van der Waals surface area (Å²) in [6, 6.07) is 5.36. The Morgan fingerprint density at radius 2 is 1.78 bits per heavy atom. The van der Waals surface area contributed by atoms with Crippen LogP contribution in [0.25, 0.3) is 0 Å². The van der Waals surface area contributed by atoms with Crippen molar-refractivity contribution in [3.63, 3.8) is 0 Å². The van der Waals surface area contributed by atoms with Gasteiger partial charge < -0.3 is 14.8 Å². The molecular formula is C16H25NO5S. The average molecular weight is 343 g/mol. The van der Waals surface area contributed by atoms with Gasteiger partial charge in [-0.1, -0.05) is 19.9 Å². The van der Waals surface area contributed by atoms with E-state index in [1.165, 1.54) is 7.11 Å². The van der Waals surface area contributed by atoms with Crippen LogP contribution >= 0.6 is 0 Å². The minimum atomic E-state index is -3.10. The zero-order valence-corrected chi connectivity index (χ0v) is 15.1. The second-order valence-electron chi connectivity index (χ2n) is 5.76. The van der Waals surface area contributed by atoms with Crippen molar-refractivity contribution in [1.82, 2.24) is 5.32 Å². The minimum absolute atomic E-state index is 0.0475. The zero-order chi connectivity index (χ0) is 17.6. The summed E-state index contributed by atoms with van der Waals surface area (Å²) in [5.74, 6) is 0.530. The standard InChI is InChI=1S/C16H25NO5S/c1-11(2)15(16(18)17-8-9-23(5,19)20)12-6-7-13(21-3)14(10-12)22-4/h6-7,10-11,15H,8-9H2,1-5H3,(H,17,18). The molecule has 1 rings (SSSR count). The van der Waals surface area contributed by atoms with Crippen LogP contribution in [-0.2, 0) is 14.6 Å². The summed E-state index contributed by atoms with van der Waals surface area (Å²) >= 11 is 0. The van der Waals surface area contributed by atoms with Crippen LogP contribution in [0.15, 0.2) is 18.2 Å². The van der Waals surface area contributed by atoms with Crippen LogP contribution in [0.1, 0.15) is 25.3 Å². The molecule has 23 heavy (non-hydrogen) atoms. The molecule has 0 aliphatic heterocycles. The van der Waals surface area contributed by atoms with E-state index in [1.807, 2.05) is 19.9 Å². The Labute approximate surface area is 138 Å². The largest absolute Gasteiger partial charge is 0.493 e. The highest BCUT2D eigenvalue weighted by atomic mass is 32.2. The van der Waals surface area contributed by atoms with Gasteiger partial charge in [-0.15, -0.1) is 0 Å². The number of rotatable bonds is 8. The molecule has 7 heteroatoms. The number of amides is 1. The number of nitrogens with one attached hydrogen (secondary N) is 1. The van der Waals surface area contributed by atoms with Gasteiger partial charge >= 0.3 is 0 Å². The van der Waals surface area contributed by atoms with Gasteiger partial charge in [0.2, 0.25) is 5.91 Å². The van der Waals surface area contributed by atoms with Crippen LogP contribution in [0, 0.1) is 5.92 Å². The van der Waals surface area contributed by atoms with Crippen LogP contribution in [-0.4, -0.2) is 47.1 Å². The van der Waals surface area contributed by atoms with E-state index in [1.54, 1.807) is 19.2 Å². The molecule has 1 aromatic carbocycles. The van der Waals surface area contributed by atoms with Crippen LogP contribution in [0.4, 0.5) is 0 Å². The first kappa shape index (κ1) is 19.3. The summed E-state index contributed by atoms with van der Waals surface area (Å²) in [6.07, 6.45) is 1.15. The van der Waals surface area contributed by atoms with Gasteiger partial charge in [0.15, 0.2) is 11.5 Å². The number of benzene rings is 1. The maximum absolute atomic E-state index is 12.4. The number of hydrogen-bond acceptors (Lipinski definition) is 5. The highest BCUT2D eigenvalue weighted by Crippen LogP contribution is 2.33. The zero-order valence-electron chi connectivity index (χ0n) is 14.3. The van der Waals surface area contributed by atoms with Crippen LogP contribution in [0.3, 0.4) is 0 Å². The van der Waals surface area contributed by atoms with Crippen molar-refractivity contribution in [2.75, 3.05) is 32.8 Å². The fourth-order valence-corrected chi connectivity index (χ4v) is 2.83. The smallest absolute Gasteiger partial charge is 0.227 e. The summed E-state index contributed by atoms with van der Waals surface area (Å²) in [4.78, 5) is 12.4. The lowest BCUT2D eigenvalue weighted by atomic mass is 9.87. The van der Waals surface area contributed by atoms with Crippen LogP contribution in [0.5, 0.6) is 11.5 Å². The summed E-state index contributed by atoms with van der Waals surface area (Å²) in [5, 5.41) is 2.70. The third kappa shape index (κ3) is 5.74. The first-order valence-corrected chi connectivity index (χ1v) is 9.43. The van der Waals surface area contributed by atoms with Gasteiger partial charge in [0.25, 0.3) is 0 Å². The molecule has 130 valence electrons. The number of ether oxygens (including phenoxy) is 2. The second kappa shape index (κ2) is 8.19. The maximum Gasteiger partial charge on any atom is 0.227 e. The van der Waals surface area contributed by atoms with Crippen molar-refractivity contribution in [3.8, 4) is 11.5 Å². The van der Waals surface area contributed by atoms with E-state index in [9.17, 15) is 13.2 Å².